The van der Waals surface area contributed by atoms with Gasteiger partial charge in [-0.15, -0.1) is 0 Å². The first kappa shape index (κ1) is 22.7. The van der Waals surface area contributed by atoms with Crippen LogP contribution in [0.15, 0.2) is 35.2 Å². The van der Waals surface area contributed by atoms with Crippen LogP contribution in [0.3, 0.4) is 0 Å². The fourth-order valence-corrected chi connectivity index (χ4v) is 5.37. The maximum absolute atomic E-state index is 12.4. The van der Waals surface area contributed by atoms with Crippen molar-refractivity contribution in [2.24, 2.45) is 0 Å². The van der Waals surface area contributed by atoms with Gasteiger partial charge in [-0.2, -0.15) is 0 Å². The number of anilines is 3. The van der Waals surface area contributed by atoms with Crippen LogP contribution >= 0.6 is 22.7 Å². The molecule has 2 aromatic heterocycles. The van der Waals surface area contributed by atoms with Crippen molar-refractivity contribution in [1.29, 1.82) is 0 Å². The van der Waals surface area contributed by atoms with Crippen molar-refractivity contribution in [3.8, 4) is 0 Å². The Balaban J connectivity index is 1.67. The molecule has 13 heteroatoms. The van der Waals surface area contributed by atoms with Crippen LogP contribution < -0.4 is 15.4 Å². The number of sulfonamides is 1. The Kier molecular flexibility index (Phi) is 6.87. The molecule has 0 bridgehead atoms. The molecule has 164 valence electrons. The van der Waals surface area contributed by atoms with Crippen LogP contribution in [0.4, 0.5) is 20.1 Å². The second kappa shape index (κ2) is 9.41. The Bertz CT molecular complexity index is 1200. The van der Waals surface area contributed by atoms with E-state index in [1.54, 1.807) is 39.0 Å². The van der Waals surface area contributed by atoms with Crippen molar-refractivity contribution in [3.63, 3.8) is 0 Å². The average Bonchev–Trinajstić information content (AvgIpc) is 3.23. The van der Waals surface area contributed by atoms with Gasteiger partial charge in [0, 0.05) is 0 Å². The number of ether oxygens (including phenoxy) is 1. The van der Waals surface area contributed by atoms with Gasteiger partial charge in [0.15, 0.2) is 10.3 Å². The molecule has 0 unspecified atom stereocenters. The van der Waals surface area contributed by atoms with Gasteiger partial charge in [-0.05, 0) is 32.9 Å². The molecule has 0 saturated carbocycles. The maximum Gasteiger partial charge on any atom is 0.350 e. The zero-order chi connectivity index (χ0) is 22.6. The number of amides is 2. The highest BCUT2D eigenvalue weighted by atomic mass is 32.2. The predicted molar refractivity (Wildman–Crippen MR) is 120 cm³/mol. The summed E-state index contributed by atoms with van der Waals surface area (Å²) in [5.41, 5.74) is 0.888. The molecule has 1 aromatic carbocycles. The molecule has 31 heavy (non-hydrogen) atoms. The first-order valence-electron chi connectivity index (χ1n) is 8.97. The lowest BCUT2D eigenvalue weighted by Crippen LogP contribution is -2.19. The number of carbonyl (C=O) groups is 2. The van der Waals surface area contributed by atoms with Crippen LogP contribution in [0.1, 0.15) is 28.0 Å². The topological polar surface area (TPSA) is 139 Å². The smallest absolute Gasteiger partial charge is 0.350 e. The van der Waals surface area contributed by atoms with Crippen molar-refractivity contribution in [1.82, 2.24) is 9.97 Å². The number of hydrogen-bond acceptors (Lipinski definition) is 9. The lowest BCUT2D eigenvalue weighted by molar-refractivity contribution is 0.0531. The van der Waals surface area contributed by atoms with E-state index in [9.17, 15) is 18.0 Å². The minimum atomic E-state index is -3.79. The van der Waals surface area contributed by atoms with Gasteiger partial charge in [-0.25, -0.2) is 28.0 Å². The Morgan fingerprint density at radius 3 is 2.35 bits per heavy atom. The third-order valence-corrected chi connectivity index (χ3v) is 7.30. The van der Waals surface area contributed by atoms with Crippen molar-refractivity contribution in [2.45, 2.75) is 25.7 Å². The number of benzene rings is 1. The first-order valence-corrected chi connectivity index (χ1v) is 12.1. The van der Waals surface area contributed by atoms with Gasteiger partial charge in [0.1, 0.15) is 9.88 Å². The van der Waals surface area contributed by atoms with Gasteiger partial charge in [0.25, 0.3) is 10.0 Å². The molecule has 0 fully saturated rings. The summed E-state index contributed by atoms with van der Waals surface area (Å²) in [5.74, 6) is -0.500. The number of rotatable bonds is 7. The SMILES string of the molecule is CCOC(=O)c1sc(NC(=O)Nc2sc(NS(=O)(=O)c3ccccc3)nc2C)nc1C. The normalized spacial score (nSPS) is 11.1. The summed E-state index contributed by atoms with van der Waals surface area (Å²) >= 11 is 1.98. The predicted octanol–water partition coefficient (Wildman–Crippen LogP) is 3.84. The van der Waals surface area contributed by atoms with Crippen molar-refractivity contribution in [2.75, 3.05) is 22.0 Å². The molecular formula is C18H19N5O5S3. The largest absolute Gasteiger partial charge is 0.462 e. The molecule has 3 aromatic rings. The Hall–Kier alpha value is -3.03. The quantitative estimate of drug-likeness (QED) is 0.436. The molecule has 0 spiro atoms. The third-order valence-electron chi connectivity index (χ3n) is 3.78. The molecule has 10 nitrogen and oxygen atoms in total. The summed E-state index contributed by atoms with van der Waals surface area (Å²) in [6.07, 6.45) is 0. The molecule has 0 aliphatic carbocycles. The number of aromatic nitrogens is 2. The lowest BCUT2D eigenvalue weighted by atomic mass is 10.4. The van der Waals surface area contributed by atoms with Crippen LogP contribution in [0.25, 0.3) is 0 Å². The second-order valence-corrected chi connectivity index (χ2v) is 9.77. The fourth-order valence-electron chi connectivity index (χ4n) is 2.40. The molecule has 0 atom stereocenters. The van der Waals surface area contributed by atoms with E-state index in [2.05, 4.69) is 25.3 Å². The van der Waals surface area contributed by atoms with Crippen LogP contribution in [0.2, 0.25) is 0 Å². The van der Waals surface area contributed by atoms with Gasteiger partial charge in [-0.1, -0.05) is 40.9 Å². The van der Waals surface area contributed by atoms with Crippen LogP contribution in [0, 0.1) is 13.8 Å². The van der Waals surface area contributed by atoms with E-state index >= 15 is 0 Å². The summed E-state index contributed by atoms with van der Waals surface area (Å²) in [6.45, 7) is 5.22. The van der Waals surface area contributed by atoms with Gasteiger partial charge in [0.05, 0.1) is 22.9 Å². The molecule has 0 radical (unpaired) electrons. The number of aryl methyl sites for hydroxylation is 2. The highest BCUT2D eigenvalue weighted by Crippen LogP contribution is 2.30. The number of hydrogen-bond donors (Lipinski definition) is 3. The number of thiazole rings is 2. The standard InChI is InChI=1S/C18H19N5O5S3/c1-4-28-15(24)13-10(2)19-17(29-13)22-16(25)21-14-11(3)20-18(30-14)23-31(26,27)12-8-6-5-7-9-12/h5-9H,4H2,1-3H3,(H,20,23)(H2,19,21,22,25). The summed E-state index contributed by atoms with van der Waals surface area (Å²) < 4.78 is 32.2. The zero-order valence-corrected chi connectivity index (χ0v) is 19.2. The fraction of sp³-hybridized carbons (Fsp3) is 0.222. The lowest BCUT2D eigenvalue weighted by Gasteiger charge is -2.04. The van der Waals surface area contributed by atoms with E-state index in [1.807, 2.05) is 0 Å². The summed E-state index contributed by atoms with van der Waals surface area (Å²) in [5, 5.41) is 5.87. The van der Waals surface area contributed by atoms with Gasteiger partial charge < -0.3 is 4.74 Å². The van der Waals surface area contributed by atoms with E-state index in [0.717, 1.165) is 22.7 Å². The van der Waals surface area contributed by atoms with E-state index in [4.69, 9.17) is 4.74 Å². The monoisotopic (exact) mass is 481 g/mol. The average molecular weight is 482 g/mol. The summed E-state index contributed by atoms with van der Waals surface area (Å²) in [6, 6.07) is 7.28. The van der Waals surface area contributed by atoms with Crippen molar-refractivity contribution >= 4 is 60.0 Å². The molecular weight excluding hydrogens is 462 g/mol. The van der Waals surface area contributed by atoms with E-state index in [0.29, 0.717) is 21.3 Å². The Morgan fingerprint density at radius 2 is 1.68 bits per heavy atom. The zero-order valence-electron chi connectivity index (χ0n) is 16.8. The minimum absolute atomic E-state index is 0.103. The van der Waals surface area contributed by atoms with Gasteiger partial charge in [0.2, 0.25) is 0 Å². The highest BCUT2D eigenvalue weighted by molar-refractivity contribution is 7.93. The van der Waals surface area contributed by atoms with E-state index < -0.39 is 22.0 Å². The number of esters is 1. The number of urea groups is 1. The highest BCUT2D eigenvalue weighted by Gasteiger charge is 2.20. The van der Waals surface area contributed by atoms with Crippen LogP contribution in [0.5, 0.6) is 0 Å². The molecule has 0 saturated heterocycles. The maximum atomic E-state index is 12.4. The number of nitrogens with zero attached hydrogens (tertiary/aromatic N) is 2. The van der Waals surface area contributed by atoms with Crippen molar-refractivity contribution < 1.29 is 22.7 Å². The first-order chi connectivity index (χ1) is 14.7. The Labute approximate surface area is 186 Å². The summed E-state index contributed by atoms with van der Waals surface area (Å²) in [4.78, 5) is 32.9. The second-order valence-electron chi connectivity index (χ2n) is 6.09. The summed E-state index contributed by atoms with van der Waals surface area (Å²) in [7, 11) is -3.79. The van der Waals surface area contributed by atoms with Crippen LogP contribution in [-0.4, -0.2) is 37.0 Å². The molecule has 3 rings (SSSR count). The molecule has 2 amide bonds. The van der Waals surface area contributed by atoms with E-state index in [-0.39, 0.29) is 21.8 Å². The Morgan fingerprint density at radius 1 is 1.00 bits per heavy atom. The van der Waals surface area contributed by atoms with Gasteiger partial charge in [-0.3, -0.25) is 15.4 Å². The third kappa shape index (κ3) is 5.57. The molecule has 0 aliphatic rings. The minimum Gasteiger partial charge on any atom is -0.462 e. The molecule has 2 heterocycles. The molecule has 0 aliphatic heterocycles. The van der Waals surface area contributed by atoms with Crippen LogP contribution in [-0.2, 0) is 14.8 Å². The van der Waals surface area contributed by atoms with Crippen molar-refractivity contribution in [3.05, 3.63) is 46.6 Å². The van der Waals surface area contributed by atoms with E-state index in [1.165, 1.54) is 12.1 Å². The molecule has 3 N–H and O–H groups in total. The van der Waals surface area contributed by atoms with Gasteiger partial charge >= 0.3 is 12.0 Å². The number of nitrogens with one attached hydrogen (secondary N) is 3. The number of carbonyl (C=O) groups excluding carboxylic acids is 2.